The molecular formula is C17H18N2. The van der Waals surface area contributed by atoms with E-state index in [1.807, 2.05) is 6.92 Å². The number of aryl methyl sites for hydroxylation is 3. The maximum Gasteiger partial charge on any atom is 0.104 e. The lowest BCUT2D eigenvalue weighted by molar-refractivity contribution is 1.11. The molecule has 2 aromatic carbocycles. The molecule has 0 aliphatic heterocycles. The van der Waals surface area contributed by atoms with E-state index in [2.05, 4.69) is 60.2 Å². The van der Waals surface area contributed by atoms with E-state index in [9.17, 15) is 0 Å². The minimum atomic E-state index is 0.963. The monoisotopic (exact) mass is 250 g/mol. The molecule has 1 heterocycles. The first-order chi connectivity index (χ1) is 9.17. The van der Waals surface area contributed by atoms with Gasteiger partial charge in [0.2, 0.25) is 0 Å². The Morgan fingerprint density at radius 3 is 2.53 bits per heavy atom. The highest BCUT2D eigenvalue weighted by molar-refractivity contribution is 5.82. The van der Waals surface area contributed by atoms with Crippen LogP contribution in [0.1, 0.15) is 23.9 Å². The fourth-order valence-electron chi connectivity index (χ4n) is 2.55. The lowest BCUT2D eigenvalue weighted by Crippen LogP contribution is -1.88. The Balaban J connectivity index is 2.12. The highest BCUT2D eigenvalue weighted by atomic mass is 14.9. The molecule has 2 heteroatoms. The smallest absolute Gasteiger partial charge is 0.104 e. The van der Waals surface area contributed by atoms with Gasteiger partial charge in [0.25, 0.3) is 0 Å². The molecule has 0 bridgehead atoms. The van der Waals surface area contributed by atoms with Gasteiger partial charge in [-0.1, -0.05) is 31.2 Å². The molecule has 0 spiro atoms. The Labute approximate surface area is 113 Å². The summed E-state index contributed by atoms with van der Waals surface area (Å²) in [5.74, 6) is 0.963. The van der Waals surface area contributed by atoms with Gasteiger partial charge in [0.15, 0.2) is 0 Å². The van der Waals surface area contributed by atoms with E-state index < -0.39 is 0 Å². The van der Waals surface area contributed by atoms with Crippen molar-refractivity contribution in [3.05, 3.63) is 53.3 Å². The largest absolute Gasteiger partial charge is 0.342 e. The Bertz CT molecular complexity index is 738. The zero-order chi connectivity index (χ0) is 13.4. The van der Waals surface area contributed by atoms with Gasteiger partial charge in [-0.3, -0.25) is 0 Å². The van der Waals surface area contributed by atoms with Gasteiger partial charge < -0.3 is 4.98 Å². The summed E-state index contributed by atoms with van der Waals surface area (Å²) in [7, 11) is 0. The first-order valence-electron chi connectivity index (χ1n) is 6.73. The van der Waals surface area contributed by atoms with Crippen molar-refractivity contribution in [1.82, 2.24) is 9.97 Å². The minimum absolute atomic E-state index is 0.963. The normalized spacial score (nSPS) is 11.1. The van der Waals surface area contributed by atoms with E-state index in [0.717, 1.165) is 23.3 Å². The molecule has 3 rings (SSSR count). The van der Waals surface area contributed by atoms with Crippen LogP contribution in [-0.2, 0) is 6.42 Å². The predicted molar refractivity (Wildman–Crippen MR) is 80.4 cm³/mol. The molecule has 96 valence electrons. The van der Waals surface area contributed by atoms with Crippen molar-refractivity contribution in [2.45, 2.75) is 27.2 Å². The Morgan fingerprint density at radius 1 is 1.00 bits per heavy atom. The Morgan fingerprint density at radius 2 is 1.74 bits per heavy atom. The number of rotatable bonds is 2. The second kappa shape index (κ2) is 4.54. The van der Waals surface area contributed by atoms with Gasteiger partial charge in [-0.2, -0.15) is 0 Å². The SMILES string of the molecule is CCc1cc(-c2ccc3nc(C)[nH]c3c2)ccc1C. The van der Waals surface area contributed by atoms with Gasteiger partial charge >= 0.3 is 0 Å². The van der Waals surface area contributed by atoms with Gasteiger partial charge in [-0.05, 0) is 54.7 Å². The molecule has 0 amide bonds. The summed E-state index contributed by atoms with van der Waals surface area (Å²) in [6, 6.07) is 13.1. The first kappa shape index (κ1) is 12.0. The third-order valence-corrected chi connectivity index (χ3v) is 3.66. The van der Waals surface area contributed by atoms with Crippen LogP contribution >= 0.6 is 0 Å². The zero-order valence-electron chi connectivity index (χ0n) is 11.6. The van der Waals surface area contributed by atoms with Crippen molar-refractivity contribution in [3.63, 3.8) is 0 Å². The predicted octanol–water partition coefficient (Wildman–Crippen LogP) is 4.41. The standard InChI is InChI=1S/C17H18N2/c1-4-13-9-14(6-5-11(13)2)15-7-8-16-17(10-15)19-12(3)18-16/h5-10H,4H2,1-3H3,(H,18,19). The number of nitrogens with one attached hydrogen (secondary N) is 1. The van der Waals surface area contributed by atoms with Gasteiger partial charge in [0.1, 0.15) is 5.82 Å². The molecule has 1 N–H and O–H groups in total. The minimum Gasteiger partial charge on any atom is -0.342 e. The number of hydrogen-bond acceptors (Lipinski definition) is 1. The summed E-state index contributed by atoms with van der Waals surface area (Å²) in [6.07, 6.45) is 1.07. The van der Waals surface area contributed by atoms with Crippen LogP contribution in [0.4, 0.5) is 0 Å². The molecule has 0 atom stereocenters. The highest BCUT2D eigenvalue weighted by Gasteiger charge is 2.04. The molecule has 0 unspecified atom stereocenters. The Hall–Kier alpha value is -2.09. The topological polar surface area (TPSA) is 28.7 Å². The number of imidazole rings is 1. The van der Waals surface area contributed by atoms with E-state index in [0.29, 0.717) is 0 Å². The molecule has 0 aliphatic rings. The number of H-pyrrole nitrogens is 1. The summed E-state index contributed by atoms with van der Waals surface area (Å²) < 4.78 is 0. The van der Waals surface area contributed by atoms with Crippen molar-refractivity contribution in [2.75, 3.05) is 0 Å². The van der Waals surface area contributed by atoms with Crippen LogP contribution in [0.25, 0.3) is 22.2 Å². The van der Waals surface area contributed by atoms with Crippen molar-refractivity contribution >= 4 is 11.0 Å². The number of aromatic amines is 1. The number of nitrogens with zero attached hydrogens (tertiary/aromatic N) is 1. The van der Waals surface area contributed by atoms with Crippen molar-refractivity contribution in [1.29, 1.82) is 0 Å². The van der Waals surface area contributed by atoms with Crippen molar-refractivity contribution in [3.8, 4) is 11.1 Å². The van der Waals surface area contributed by atoms with E-state index >= 15 is 0 Å². The maximum atomic E-state index is 4.44. The first-order valence-corrected chi connectivity index (χ1v) is 6.73. The summed E-state index contributed by atoms with van der Waals surface area (Å²) in [5, 5.41) is 0. The van der Waals surface area contributed by atoms with E-state index in [1.165, 1.54) is 22.3 Å². The second-order valence-electron chi connectivity index (χ2n) is 5.05. The average molecular weight is 250 g/mol. The fourth-order valence-corrected chi connectivity index (χ4v) is 2.55. The summed E-state index contributed by atoms with van der Waals surface area (Å²) in [5.41, 5.74) is 7.43. The van der Waals surface area contributed by atoms with E-state index in [4.69, 9.17) is 0 Å². The zero-order valence-corrected chi connectivity index (χ0v) is 11.6. The van der Waals surface area contributed by atoms with Crippen molar-refractivity contribution in [2.24, 2.45) is 0 Å². The quantitative estimate of drug-likeness (QED) is 0.717. The molecule has 1 aromatic heterocycles. The van der Waals surface area contributed by atoms with Crippen molar-refractivity contribution < 1.29 is 0 Å². The second-order valence-corrected chi connectivity index (χ2v) is 5.05. The number of aromatic nitrogens is 2. The lowest BCUT2D eigenvalue weighted by Gasteiger charge is -2.07. The van der Waals surface area contributed by atoms with Crippen LogP contribution in [-0.4, -0.2) is 9.97 Å². The van der Waals surface area contributed by atoms with Crippen LogP contribution in [0.15, 0.2) is 36.4 Å². The molecule has 0 saturated heterocycles. The maximum absolute atomic E-state index is 4.44. The fraction of sp³-hybridized carbons (Fsp3) is 0.235. The molecule has 0 saturated carbocycles. The Kier molecular flexibility index (Phi) is 2.86. The lowest BCUT2D eigenvalue weighted by atomic mass is 9.98. The molecule has 0 radical (unpaired) electrons. The number of benzene rings is 2. The molecule has 3 aromatic rings. The van der Waals surface area contributed by atoms with E-state index in [1.54, 1.807) is 0 Å². The molecule has 2 nitrogen and oxygen atoms in total. The van der Waals surface area contributed by atoms with E-state index in [-0.39, 0.29) is 0 Å². The average Bonchev–Trinajstić information content (AvgIpc) is 2.78. The van der Waals surface area contributed by atoms with Crippen LogP contribution in [0.5, 0.6) is 0 Å². The molecule has 0 fully saturated rings. The molecule has 19 heavy (non-hydrogen) atoms. The van der Waals surface area contributed by atoms with Crippen LogP contribution < -0.4 is 0 Å². The summed E-state index contributed by atoms with van der Waals surface area (Å²) >= 11 is 0. The summed E-state index contributed by atoms with van der Waals surface area (Å²) in [6.45, 7) is 6.36. The molecule has 0 aliphatic carbocycles. The third-order valence-electron chi connectivity index (χ3n) is 3.66. The third kappa shape index (κ3) is 2.14. The van der Waals surface area contributed by atoms with Crippen LogP contribution in [0.3, 0.4) is 0 Å². The van der Waals surface area contributed by atoms with Crippen LogP contribution in [0, 0.1) is 13.8 Å². The summed E-state index contributed by atoms with van der Waals surface area (Å²) in [4.78, 5) is 7.74. The van der Waals surface area contributed by atoms with Gasteiger partial charge in [-0.25, -0.2) is 4.98 Å². The number of fused-ring (bicyclic) bond motifs is 1. The molecular weight excluding hydrogens is 232 g/mol. The highest BCUT2D eigenvalue weighted by Crippen LogP contribution is 2.25. The van der Waals surface area contributed by atoms with Crippen LogP contribution in [0.2, 0.25) is 0 Å². The van der Waals surface area contributed by atoms with Gasteiger partial charge in [0.05, 0.1) is 11.0 Å². The number of hydrogen-bond donors (Lipinski definition) is 1. The van der Waals surface area contributed by atoms with Gasteiger partial charge in [-0.15, -0.1) is 0 Å². The van der Waals surface area contributed by atoms with Gasteiger partial charge in [0, 0.05) is 0 Å².